The summed E-state index contributed by atoms with van der Waals surface area (Å²) in [5.74, 6) is 1.41. The van der Waals surface area contributed by atoms with Gasteiger partial charge in [-0.3, -0.25) is 4.79 Å². The number of ketones is 1. The van der Waals surface area contributed by atoms with Gasteiger partial charge in [0.05, 0.1) is 6.26 Å². The Balaban J connectivity index is 2.37. The number of hydrogen-bond donors (Lipinski definition) is 0. The molecule has 1 aliphatic heterocycles. The summed E-state index contributed by atoms with van der Waals surface area (Å²) in [7, 11) is 0. The molecular weight excluding hydrogens is 140 g/mol. The number of carbonyl (C=O) groups excluding carboxylic acids is 1. The zero-order valence-electron chi connectivity index (χ0n) is 6.46. The monoisotopic (exact) mass is 150 g/mol. The zero-order chi connectivity index (χ0) is 7.84. The molecule has 0 saturated carbocycles. The Bertz CT molecular complexity index is 261. The average molecular weight is 150 g/mol. The van der Waals surface area contributed by atoms with Crippen molar-refractivity contribution >= 4 is 5.78 Å². The lowest BCUT2D eigenvalue weighted by Gasteiger charge is -2.14. The van der Waals surface area contributed by atoms with Gasteiger partial charge in [0.15, 0.2) is 5.78 Å². The van der Waals surface area contributed by atoms with Crippen molar-refractivity contribution in [3.05, 3.63) is 23.7 Å². The van der Waals surface area contributed by atoms with E-state index in [1.54, 1.807) is 6.26 Å². The lowest BCUT2D eigenvalue weighted by atomic mass is 9.98. The lowest BCUT2D eigenvalue weighted by molar-refractivity contribution is -0.115. The summed E-state index contributed by atoms with van der Waals surface area (Å²) in [5.41, 5.74) is 0.896. The molecule has 0 fully saturated rings. The fourth-order valence-corrected chi connectivity index (χ4v) is 1.62. The maximum absolute atomic E-state index is 11.2. The van der Waals surface area contributed by atoms with Gasteiger partial charge in [-0.15, -0.1) is 0 Å². The highest BCUT2D eigenvalue weighted by molar-refractivity contribution is 5.99. The molecule has 58 valence electrons. The molecule has 0 N–H and O–H groups in total. The van der Waals surface area contributed by atoms with Gasteiger partial charge in [0, 0.05) is 24.3 Å². The van der Waals surface area contributed by atoms with Crippen molar-refractivity contribution in [1.29, 1.82) is 0 Å². The molecule has 0 saturated heterocycles. The Morgan fingerprint density at radius 2 is 2.36 bits per heavy atom. The van der Waals surface area contributed by atoms with Crippen molar-refractivity contribution in [3.8, 4) is 0 Å². The molecule has 0 bridgehead atoms. The normalized spacial score (nSPS) is 28.8. The van der Waals surface area contributed by atoms with Crippen LogP contribution in [0.4, 0.5) is 0 Å². The van der Waals surface area contributed by atoms with Crippen molar-refractivity contribution < 1.29 is 9.53 Å². The van der Waals surface area contributed by atoms with Crippen LogP contribution in [-0.2, 0) is 9.53 Å². The fourth-order valence-electron chi connectivity index (χ4n) is 1.62. The van der Waals surface area contributed by atoms with E-state index in [2.05, 4.69) is 0 Å². The Morgan fingerprint density at radius 3 is 3.09 bits per heavy atom. The topological polar surface area (TPSA) is 26.3 Å². The van der Waals surface area contributed by atoms with E-state index in [1.807, 2.05) is 13.0 Å². The standard InChI is InChI=1S/C9H10O2/c1-6-4-5-11-8-3-2-7(10)9(6)8/h4-6H,2-3H2,1H3. The first kappa shape index (κ1) is 6.65. The molecule has 1 atom stereocenters. The summed E-state index contributed by atoms with van der Waals surface area (Å²) < 4.78 is 5.22. The van der Waals surface area contributed by atoms with Gasteiger partial charge < -0.3 is 4.74 Å². The van der Waals surface area contributed by atoms with Gasteiger partial charge >= 0.3 is 0 Å². The summed E-state index contributed by atoms with van der Waals surface area (Å²) >= 11 is 0. The highest BCUT2D eigenvalue weighted by Crippen LogP contribution is 2.32. The molecule has 0 aromatic carbocycles. The van der Waals surface area contributed by atoms with Crippen LogP contribution in [0, 0.1) is 5.92 Å². The van der Waals surface area contributed by atoms with E-state index in [0.29, 0.717) is 6.42 Å². The van der Waals surface area contributed by atoms with Crippen molar-refractivity contribution in [3.63, 3.8) is 0 Å². The molecule has 2 aliphatic rings. The molecule has 0 amide bonds. The lowest BCUT2D eigenvalue weighted by Crippen LogP contribution is -2.08. The molecule has 0 radical (unpaired) electrons. The minimum Gasteiger partial charge on any atom is -0.469 e. The number of allylic oxidation sites excluding steroid dienone is 3. The molecule has 1 heterocycles. The number of Topliss-reactive ketones (excluding diaryl/α,β-unsaturated/α-hetero) is 1. The zero-order valence-corrected chi connectivity index (χ0v) is 6.46. The third-order valence-electron chi connectivity index (χ3n) is 2.21. The van der Waals surface area contributed by atoms with Crippen LogP contribution < -0.4 is 0 Å². The molecule has 0 aromatic heterocycles. The van der Waals surface area contributed by atoms with Crippen molar-refractivity contribution in [1.82, 2.24) is 0 Å². The summed E-state index contributed by atoms with van der Waals surface area (Å²) in [4.78, 5) is 11.2. The van der Waals surface area contributed by atoms with Gasteiger partial charge in [-0.05, 0) is 6.08 Å². The van der Waals surface area contributed by atoms with E-state index in [9.17, 15) is 4.79 Å². The highest BCUT2D eigenvalue weighted by Gasteiger charge is 2.29. The van der Waals surface area contributed by atoms with Gasteiger partial charge in [0.25, 0.3) is 0 Å². The number of carbonyl (C=O) groups is 1. The van der Waals surface area contributed by atoms with Crippen LogP contribution >= 0.6 is 0 Å². The number of rotatable bonds is 0. The minimum absolute atomic E-state index is 0.258. The molecule has 2 rings (SSSR count). The van der Waals surface area contributed by atoms with Gasteiger partial charge in [-0.25, -0.2) is 0 Å². The SMILES string of the molecule is CC1C=COC2=C1C(=O)CC2. The van der Waals surface area contributed by atoms with E-state index in [0.717, 1.165) is 17.8 Å². The largest absolute Gasteiger partial charge is 0.469 e. The van der Waals surface area contributed by atoms with E-state index in [4.69, 9.17) is 4.74 Å². The fraction of sp³-hybridized carbons (Fsp3) is 0.444. The predicted molar refractivity (Wildman–Crippen MR) is 40.7 cm³/mol. The minimum atomic E-state index is 0.258. The van der Waals surface area contributed by atoms with Crippen molar-refractivity contribution in [2.75, 3.05) is 0 Å². The Kier molecular flexibility index (Phi) is 1.34. The van der Waals surface area contributed by atoms with Gasteiger partial charge in [-0.1, -0.05) is 6.92 Å². The predicted octanol–water partition coefficient (Wildman–Crippen LogP) is 1.78. The van der Waals surface area contributed by atoms with E-state index >= 15 is 0 Å². The van der Waals surface area contributed by atoms with Gasteiger partial charge in [0.2, 0.25) is 0 Å². The Labute approximate surface area is 65.5 Å². The first-order valence-electron chi connectivity index (χ1n) is 3.88. The van der Waals surface area contributed by atoms with E-state index in [1.165, 1.54) is 0 Å². The Hall–Kier alpha value is -1.05. The first-order chi connectivity index (χ1) is 5.29. The average Bonchev–Trinajstić information content (AvgIpc) is 2.34. The maximum Gasteiger partial charge on any atom is 0.163 e. The molecule has 1 unspecified atom stereocenters. The first-order valence-corrected chi connectivity index (χ1v) is 3.88. The van der Waals surface area contributed by atoms with Crippen molar-refractivity contribution in [2.45, 2.75) is 19.8 Å². The molecule has 2 heteroatoms. The van der Waals surface area contributed by atoms with Crippen LogP contribution in [0.1, 0.15) is 19.8 Å². The van der Waals surface area contributed by atoms with E-state index < -0.39 is 0 Å². The smallest absolute Gasteiger partial charge is 0.163 e. The molecule has 0 aromatic rings. The van der Waals surface area contributed by atoms with Crippen LogP contribution in [0.15, 0.2) is 23.7 Å². The van der Waals surface area contributed by atoms with E-state index in [-0.39, 0.29) is 11.7 Å². The third kappa shape index (κ3) is 0.897. The number of hydrogen-bond acceptors (Lipinski definition) is 2. The quantitative estimate of drug-likeness (QED) is 0.526. The van der Waals surface area contributed by atoms with Crippen LogP contribution in [0.2, 0.25) is 0 Å². The summed E-state index contributed by atoms with van der Waals surface area (Å²) in [5, 5.41) is 0. The molecular formula is C9H10O2. The Morgan fingerprint density at radius 1 is 1.55 bits per heavy atom. The van der Waals surface area contributed by atoms with Crippen LogP contribution in [0.25, 0.3) is 0 Å². The van der Waals surface area contributed by atoms with Gasteiger partial charge in [-0.2, -0.15) is 0 Å². The van der Waals surface area contributed by atoms with Gasteiger partial charge in [0.1, 0.15) is 5.76 Å². The van der Waals surface area contributed by atoms with Crippen molar-refractivity contribution in [2.24, 2.45) is 5.92 Å². The third-order valence-corrected chi connectivity index (χ3v) is 2.21. The highest BCUT2D eigenvalue weighted by atomic mass is 16.5. The molecule has 0 spiro atoms. The molecule has 2 nitrogen and oxygen atoms in total. The second-order valence-electron chi connectivity index (χ2n) is 3.00. The van der Waals surface area contributed by atoms with Crippen LogP contribution in [0.3, 0.4) is 0 Å². The number of ether oxygens (including phenoxy) is 1. The summed E-state index contributed by atoms with van der Waals surface area (Å²) in [6.45, 7) is 2.03. The second-order valence-corrected chi connectivity index (χ2v) is 3.00. The molecule has 1 aliphatic carbocycles. The summed E-state index contributed by atoms with van der Waals surface area (Å²) in [6, 6.07) is 0. The maximum atomic E-state index is 11.2. The van der Waals surface area contributed by atoms with Crippen LogP contribution in [-0.4, -0.2) is 5.78 Å². The second kappa shape index (κ2) is 2.22. The molecule has 11 heavy (non-hydrogen) atoms. The van der Waals surface area contributed by atoms with Crippen LogP contribution in [0.5, 0.6) is 0 Å². The summed E-state index contributed by atoms with van der Waals surface area (Å²) in [6.07, 6.45) is 5.03.